The van der Waals surface area contributed by atoms with Crippen molar-refractivity contribution >= 4 is 17.5 Å². The first-order chi connectivity index (χ1) is 12.4. The normalized spacial score (nSPS) is 20.8. The second-order valence-corrected chi connectivity index (χ2v) is 7.25. The smallest absolute Gasteiger partial charge is 0.245 e. The fourth-order valence-corrected chi connectivity index (χ4v) is 3.73. The molecule has 2 fully saturated rings. The van der Waals surface area contributed by atoms with E-state index < -0.39 is 11.6 Å². The number of amides is 2. The number of carbonyl (C=O) groups is 2. The van der Waals surface area contributed by atoms with Crippen molar-refractivity contribution in [3.05, 3.63) is 29.8 Å². The van der Waals surface area contributed by atoms with Gasteiger partial charge in [0.25, 0.3) is 0 Å². The molecule has 0 aromatic heterocycles. The third-order valence-corrected chi connectivity index (χ3v) is 5.16. The van der Waals surface area contributed by atoms with Crippen molar-refractivity contribution < 1.29 is 18.4 Å². The van der Waals surface area contributed by atoms with E-state index >= 15 is 0 Å². The lowest BCUT2D eigenvalue weighted by Crippen LogP contribution is -2.55. The largest absolute Gasteiger partial charge is 0.366 e. The summed E-state index contributed by atoms with van der Waals surface area (Å²) in [6.45, 7) is 6.07. The van der Waals surface area contributed by atoms with Crippen molar-refractivity contribution in [2.75, 3.05) is 37.6 Å². The molecule has 0 spiro atoms. The first kappa shape index (κ1) is 18.6. The van der Waals surface area contributed by atoms with E-state index in [2.05, 4.69) is 0 Å². The second kappa shape index (κ2) is 7.60. The van der Waals surface area contributed by atoms with Gasteiger partial charge in [-0.05, 0) is 25.0 Å². The molecule has 0 bridgehead atoms. The summed E-state index contributed by atoms with van der Waals surface area (Å²) in [6, 6.07) is 3.02. The average molecular weight is 365 g/mol. The predicted molar refractivity (Wildman–Crippen MR) is 94.7 cm³/mol. The Bertz CT molecular complexity index is 687. The van der Waals surface area contributed by atoms with Gasteiger partial charge in [-0.25, -0.2) is 8.78 Å². The van der Waals surface area contributed by atoms with Crippen molar-refractivity contribution in [3.8, 4) is 0 Å². The van der Waals surface area contributed by atoms with Crippen LogP contribution in [0.2, 0.25) is 0 Å². The SMILES string of the molecule is CC(C)C(=O)N1CCCC1C(=O)N1CCN(c2cc(F)ccc2F)CC1. The lowest BCUT2D eigenvalue weighted by atomic mass is 10.1. The summed E-state index contributed by atoms with van der Waals surface area (Å²) in [5.41, 5.74) is 0.231. The number of hydrogen-bond acceptors (Lipinski definition) is 3. The first-order valence-corrected chi connectivity index (χ1v) is 9.17. The number of nitrogens with zero attached hydrogens (tertiary/aromatic N) is 3. The Labute approximate surface area is 152 Å². The number of piperazine rings is 1. The van der Waals surface area contributed by atoms with E-state index in [4.69, 9.17) is 0 Å². The number of carbonyl (C=O) groups excluding carboxylic acids is 2. The highest BCUT2D eigenvalue weighted by Crippen LogP contribution is 2.25. The minimum atomic E-state index is -0.478. The summed E-state index contributed by atoms with van der Waals surface area (Å²) in [6.07, 6.45) is 1.53. The van der Waals surface area contributed by atoms with E-state index in [1.165, 1.54) is 6.07 Å². The van der Waals surface area contributed by atoms with Crippen LogP contribution in [0.4, 0.5) is 14.5 Å². The van der Waals surface area contributed by atoms with Crippen molar-refractivity contribution in [2.45, 2.75) is 32.7 Å². The summed E-state index contributed by atoms with van der Waals surface area (Å²) >= 11 is 0. The molecular weight excluding hydrogens is 340 g/mol. The van der Waals surface area contributed by atoms with Crippen LogP contribution in [0.25, 0.3) is 0 Å². The molecule has 2 heterocycles. The fraction of sp³-hybridized carbons (Fsp3) is 0.579. The van der Waals surface area contributed by atoms with Gasteiger partial charge in [0, 0.05) is 44.7 Å². The Morgan fingerprint density at radius 1 is 1.08 bits per heavy atom. The van der Waals surface area contributed by atoms with E-state index in [-0.39, 0.29) is 29.5 Å². The van der Waals surface area contributed by atoms with Crippen LogP contribution in [0, 0.1) is 17.6 Å². The molecule has 2 amide bonds. The quantitative estimate of drug-likeness (QED) is 0.825. The number of halogens is 2. The number of rotatable bonds is 3. The van der Waals surface area contributed by atoms with Crippen molar-refractivity contribution in [1.82, 2.24) is 9.80 Å². The monoisotopic (exact) mass is 365 g/mol. The van der Waals surface area contributed by atoms with Gasteiger partial charge in [-0.3, -0.25) is 9.59 Å². The van der Waals surface area contributed by atoms with Crippen LogP contribution >= 0.6 is 0 Å². The maximum Gasteiger partial charge on any atom is 0.245 e. The Balaban J connectivity index is 1.63. The molecule has 2 aliphatic heterocycles. The van der Waals surface area contributed by atoms with Crippen molar-refractivity contribution in [2.24, 2.45) is 5.92 Å². The van der Waals surface area contributed by atoms with Gasteiger partial charge in [-0.1, -0.05) is 13.8 Å². The molecule has 26 heavy (non-hydrogen) atoms. The highest BCUT2D eigenvalue weighted by Gasteiger charge is 2.38. The molecule has 2 saturated heterocycles. The first-order valence-electron chi connectivity index (χ1n) is 9.17. The van der Waals surface area contributed by atoms with Crippen LogP contribution in [0.15, 0.2) is 18.2 Å². The Hall–Kier alpha value is -2.18. The molecular formula is C19H25F2N3O2. The molecule has 0 radical (unpaired) electrons. The van der Waals surface area contributed by atoms with Crippen LogP contribution in [-0.2, 0) is 9.59 Å². The van der Waals surface area contributed by atoms with Crippen LogP contribution < -0.4 is 4.90 Å². The Kier molecular flexibility index (Phi) is 5.44. The maximum atomic E-state index is 13.9. The minimum absolute atomic E-state index is 0.0151. The van der Waals surface area contributed by atoms with Crippen LogP contribution in [0.3, 0.4) is 0 Å². The fourth-order valence-electron chi connectivity index (χ4n) is 3.73. The third kappa shape index (κ3) is 3.66. The van der Waals surface area contributed by atoms with Gasteiger partial charge in [0.05, 0.1) is 5.69 Å². The van der Waals surface area contributed by atoms with E-state index in [1.54, 1.807) is 14.7 Å². The molecule has 0 N–H and O–H groups in total. The van der Waals surface area contributed by atoms with Crippen molar-refractivity contribution in [3.63, 3.8) is 0 Å². The number of likely N-dealkylation sites (tertiary alicyclic amines) is 1. The average Bonchev–Trinajstić information content (AvgIpc) is 3.12. The molecule has 3 rings (SSSR count). The highest BCUT2D eigenvalue weighted by molar-refractivity contribution is 5.89. The maximum absolute atomic E-state index is 13.9. The standard InChI is InChI=1S/C19H25F2N3O2/c1-13(2)18(25)24-7-3-4-16(24)19(26)23-10-8-22(9-11-23)17-12-14(20)5-6-15(17)21/h5-6,12-13,16H,3-4,7-11H2,1-2H3. The lowest BCUT2D eigenvalue weighted by molar-refractivity contribution is -0.145. The summed E-state index contributed by atoms with van der Waals surface area (Å²) < 4.78 is 27.3. The number of hydrogen-bond donors (Lipinski definition) is 0. The second-order valence-electron chi connectivity index (χ2n) is 7.25. The molecule has 7 heteroatoms. The zero-order valence-electron chi connectivity index (χ0n) is 15.3. The number of anilines is 1. The topological polar surface area (TPSA) is 43.9 Å². The molecule has 0 saturated carbocycles. The van der Waals surface area contributed by atoms with E-state index in [0.717, 1.165) is 18.6 Å². The molecule has 5 nitrogen and oxygen atoms in total. The van der Waals surface area contributed by atoms with E-state index in [1.807, 2.05) is 13.8 Å². The van der Waals surface area contributed by atoms with Gasteiger partial charge in [0.1, 0.15) is 17.7 Å². The third-order valence-electron chi connectivity index (χ3n) is 5.16. The van der Waals surface area contributed by atoms with Gasteiger partial charge in [-0.2, -0.15) is 0 Å². The molecule has 142 valence electrons. The van der Waals surface area contributed by atoms with Crippen LogP contribution in [0.5, 0.6) is 0 Å². The van der Waals surface area contributed by atoms with Gasteiger partial charge in [0.15, 0.2) is 0 Å². The van der Waals surface area contributed by atoms with Gasteiger partial charge in [-0.15, -0.1) is 0 Å². The molecule has 1 aromatic carbocycles. The van der Waals surface area contributed by atoms with Crippen LogP contribution in [0.1, 0.15) is 26.7 Å². The van der Waals surface area contributed by atoms with E-state index in [9.17, 15) is 18.4 Å². The summed E-state index contributed by atoms with van der Waals surface area (Å²) in [7, 11) is 0. The van der Waals surface area contributed by atoms with Crippen LogP contribution in [-0.4, -0.2) is 60.4 Å². The van der Waals surface area contributed by atoms with Crippen molar-refractivity contribution in [1.29, 1.82) is 0 Å². The highest BCUT2D eigenvalue weighted by atomic mass is 19.1. The molecule has 1 unspecified atom stereocenters. The molecule has 1 atom stereocenters. The minimum Gasteiger partial charge on any atom is -0.366 e. The predicted octanol–water partition coefficient (Wildman–Crippen LogP) is 2.26. The van der Waals surface area contributed by atoms with Gasteiger partial charge >= 0.3 is 0 Å². The van der Waals surface area contributed by atoms with E-state index in [0.29, 0.717) is 39.1 Å². The van der Waals surface area contributed by atoms with Gasteiger partial charge in [0.2, 0.25) is 11.8 Å². The Morgan fingerprint density at radius 3 is 2.42 bits per heavy atom. The summed E-state index contributed by atoms with van der Waals surface area (Å²) in [5, 5.41) is 0. The zero-order valence-corrected chi connectivity index (χ0v) is 15.3. The summed E-state index contributed by atoms with van der Waals surface area (Å²) in [4.78, 5) is 30.4. The van der Waals surface area contributed by atoms with Gasteiger partial charge < -0.3 is 14.7 Å². The zero-order chi connectivity index (χ0) is 18.8. The lowest BCUT2D eigenvalue weighted by Gasteiger charge is -2.38. The molecule has 0 aliphatic carbocycles. The summed E-state index contributed by atoms with van der Waals surface area (Å²) in [5.74, 6) is -1.09. The molecule has 1 aromatic rings. The molecule has 2 aliphatic rings. The number of benzene rings is 1. The Morgan fingerprint density at radius 2 is 1.77 bits per heavy atom.